The molecule has 0 spiro atoms. The van der Waals surface area contributed by atoms with Crippen LogP contribution in [0.15, 0.2) is 36.4 Å². The highest BCUT2D eigenvalue weighted by atomic mass is 16.3. The van der Waals surface area contributed by atoms with Gasteiger partial charge in [-0.2, -0.15) is 0 Å². The number of para-hydroxylation sites is 1. The van der Waals surface area contributed by atoms with Crippen molar-refractivity contribution in [3.63, 3.8) is 0 Å². The number of nitrogens with two attached hydrogens (primary N) is 1. The van der Waals surface area contributed by atoms with Crippen molar-refractivity contribution in [1.82, 2.24) is 4.98 Å². The maximum absolute atomic E-state index is 9.66. The van der Waals surface area contributed by atoms with E-state index in [2.05, 4.69) is 4.98 Å². The van der Waals surface area contributed by atoms with Gasteiger partial charge in [-0.3, -0.25) is 0 Å². The number of hydrogen-bond donors (Lipinski definition) is 4. The smallest absolute Gasteiger partial charge is 0.0945 e. The zero-order chi connectivity index (χ0) is 15.0. The zero-order valence-electron chi connectivity index (χ0n) is 11.9. The van der Waals surface area contributed by atoms with Gasteiger partial charge in [0.1, 0.15) is 0 Å². The van der Waals surface area contributed by atoms with Crippen molar-refractivity contribution in [3.05, 3.63) is 36.4 Å². The molecule has 0 aliphatic carbocycles. The van der Waals surface area contributed by atoms with Crippen LogP contribution in [0.2, 0.25) is 0 Å². The Morgan fingerprint density at radius 3 is 2.76 bits per heavy atom. The number of fused-ring (bicyclic) bond motifs is 3. The second-order valence-electron chi connectivity index (χ2n) is 5.31. The van der Waals surface area contributed by atoms with Crippen molar-refractivity contribution in [3.8, 4) is 0 Å². The van der Waals surface area contributed by atoms with E-state index in [1.54, 1.807) is 0 Å². The fraction of sp³-hybridized carbons (Fsp3) is 0.250. The number of anilines is 2. The van der Waals surface area contributed by atoms with Crippen LogP contribution in [-0.4, -0.2) is 41.5 Å². The normalized spacial score (nSPS) is 12.9. The maximum Gasteiger partial charge on any atom is 0.0945 e. The van der Waals surface area contributed by atoms with Crippen LogP contribution in [-0.2, 0) is 0 Å². The molecule has 110 valence electrons. The zero-order valence-corrected chi connectivity index (χ0v) is 11.9. The molecule has 1 aromatic heterocycles. The number of nitrogens with zero attached hydrogens (tertiary/aromatic N) is 1. The van der Waals surface area contributed by atoms with Gasteiger partial charge in [0.05, 0.1) is 23.9 Å². The highest BCUT2D eigenvalue weighted by Crippen LogP contribution is 2.36. The second-order valence-corrected chi connectivity index (χ2v) is 5.31. The number of aliphatic hydroxyl groups excluding tert-OH is 2. The minimum Gasteiger partial charge on any atom is -0.397 e. The number of aromatic nitrogens is 1. The van der Waals surface area contributed by atoms with Crippen LogP contribution in [0, 0.1) is 0 Å². The van der Waals surface area contributed by atoms with Crippen molar-refractivity contribution in [1.29, 1.82) is 0 Å². The number of nitrogens with one attached hydrogen (secondary N) is 1. The molecule has 3 aromatic rings. The number of benzene rings is 2. The summed E-state index contributed by atoms with van der Waals surface area (Å²) in [6.45, 7) is 0.103. The van der Waals surface area contributed by atoms with Crippen molar-refractivity contribution in [2.75, 3.05) is 30.8 Å². The summed E-state index contributed by atoms with van der Waals surface area (Å²) < 4.78 is 0. The van der Waals surface area contributed by atoms with E-state index >= 15 is 0 Å². The predicted molar refractivity (Wildman–Crippen MR) is 86.6 cm³/mol. The standard InChI is InChI=1S/C16H19N3O2/c1-19(8-10(21)9-20)14-7-6-12(17)16-15(14)11-4-2-3-5-13(11)18-16/h2-7,10,18,20-21H,8-9,17H2,1H3. The largest absolute Gasteiger partial charge is 0.397 e. The Hall–Kier alpha value is -2.24. The third-order valence-electron chi connectivity index (χ3n) is 3.78. The summed E-state index contributed by atoms with van der Waals surface area (Å²) in [6, 6.07) is 11.8. The number of likely N-dealkylation sites (N-methyl/N-ethyl adjacent to an activating group) is 1. The van der Waals surface area contributed by atoms with Crippen LogP contribution in [0.4, 0.5) is 11.4 Å². The highest BCUT2D eigenvalue weighted by Gasteiger charge is 2.15. The summed E-state index contributed by atoms with van der Waals surface area (Å²) >= 11 is 0. The van der Waals surface area contributed by atoms with Crippen LogP contribution in [0.5, 0.6) is 0 Å². The fourth-order valence-electron chi connectivity index (χ4n) is 2.75. The molecular weight excluding hydrogens is 266 g/mol. The predicted octanol–water partition coefficient (Wildman–Crippen LogP) is 1.69. The molecule has 0 saturated carbocycles. The van der Waals surface area contributed by atoms with E-state index in [-0.39, 0.29) is 6.61 Å². The second kappa shape index (κ2) is 5.27. The molecule has 1 unspecified atom stereocenters. The topological polar surface area (TPSA) is 85.5 Å². The van der Waals surface area contributed by atoms with Crippen LogP contribution in [0.25, 0.3) is 21.8 Å². The number of aromatic amines is 1. The Morgan fingerprint density at radius 1 is 1.24 bits per heavy atom. The molecule has 0 aliphatic rings. The molecule has 0 amide bonds. The molecule has 5 N–H and O–H groups in total. The fourth-order valence-corrected chi connectivity index (χ4v) is 2.75. The molecule has 21 heavy (non-hydrogen) atoms. The van der Waals surface area contributed by atoms with E-state index < -0.39 is 6.10 Å². The van der Waals surface area contributed by atoms with Gasteiger partial charge in [-0.1, -0.05) is 18.2 Å². The van der Waals surface area contributed by atoms with Gasteiger partial charge in [0.25, 0.3) is 0 Å². The summed E-state index contributed by atoms with van der Waals surface area (Å²) in [5.41, 5.74) is 9.68. The van der Waals surface area contributed by atoms with Gasteiger partial charge >= 0.3 is 0 Å². The quantitative estimate of drug-likeness (QED) is 0.550. The van der Waals surface area contributed by atoms with Gasteiger partial charge in [0, 0.05) is 35.6 Å². The van der Waals surface area contributed by atoms with Crippen molar-refractivity contribution >= 4 is 33.2 Å². The molecule has 5 nitrogen and oxygen atoms in total. The lowest BCUT2D eigenvalue weighted by Gasteiger charge is -2.23. The first-order valence-electron chi connectivity index (χ1n) is 6.90. The molecule has 0 radical (unpaired) electrons. The van der Waals surface area contributed by atoms with Crippen LogP contribution in [0.1, 0.15) is 0 Å². The Bertz CT molecular complexity index is 782. The molecule has 5 heteroatoms. The summed E-state index contributed by atoms with van der Waals surface area (Å²) in [5, 5.41) is 20.8. The minimum absolute atomic E-state index is 0.254. The maximum atomic E-state index is 9.66. The summed E-state index contributed by atoms with van der Waals surface area (Å²) in [6.07, 6.45) is -0.771. The van der Waals surface area contributed by atoms with Crippen molar-refractivity contribution in [2.24, 2.45) is 0 Å². The third kappa shape index (κ3) is 2.30. The Morgan fingerprint density at radius 2 is 2.00 bits per heavy atom. The SMILES string of the molecule is CN(CC(O)CO)c1ccc(N)c2[nH]c3ccccc3c12. The Labute approximate surface area is 122 Å². The molecule has 3 rings (SSSR count). The number of nitrogen functional groups attached to an aromatic ring is 1. The van der Waals surface area contributed by atoms with Gasteiger partial charge in [-0.25, -0.2) is 0 Å². The molecule has 2 aromatic carbocycles. The lowest BCUT2D eigenvalue weighted by atomic mass is 10.1. The van der Waals surface area contributed by atoms with E-state index in [0.29, 0.717) is 12.2 Å². The average molecular weight is 285 g/mol. The van der Waals surface area contributed by atoms with E-state index in [1.165, 1.54) is 0 Å². The van der Waals surface area contributed by atoms with Gasteiger partial charge < -0.3 is 25.8 Å². The molecule has 1 heterocycles. The average Bonchev–Trinajstić information content (AvgIpc) is 2.88. The van der Waals surface area contributed by atoms with Gasteiger partial charge in [0.15, 0.2) is 0 Å². The lowest BCUT2D eigenvalue weighted by Crippen LogP contribution is -2.31. The molecular formula is C16H19N3O2. The van der Waals surface area contributed by atoms with Crippen molar-refractivity contribution < 1.29 is 10.2 Å². The van der Waals surface area contributed by atoms with E-state index in [0.717, 1.165) is 27.5 Å². The molecule has 0 fully saturated rings. The minimum atomic E-state index is -0.771. The van der Waals surface area contributed by atoms with E-state index in [1.807, 2.05) is 48.3 Å². The molecule has 0 aliphatic heterocycles. The van der Waals surface area contributed by atoms with Gasteiger partial charge in [0.2, 0.25) is 0 Å². The van der Waals surface area contributed by atoms with Crippen LogP contribution >= 0.6 is 0 Å². The number of hydrogen-bond acceptors (Lipinski definition) is 4. The highest BCUT2D eigenvalue weighted by molar-refractivity contribution is 6.16. The monoisotopic (exact) mass is 285 g/mol. The summed E-state index contributed by atoms with van der Waals surface area (Å²) in [5.74, 6) is 0. The summed E-state index contributed by atoms with van der Waals surface area (Å²) in [7, 11) is 1.89. The molecule has 0 bridgehead atoms. The van der Waals surface area contributed by atoms with Crippen LogP contribution < -0.4 is 10.6 Å². The first-order valence-corrected chi connectivity index (χ1v) is 6.90. The van der Waals surface area contributed by atoms with Gasteiger partial charge in [-0.05, 0) is 18.2 Å². The van der Waals surface area contributed by atoms with Crippen molar-refractivity contribution in [2.45, 2.75) is 6.10 Å². The number of aliphatic hydroxyl groups is 2. The van der Waals surface area contributed by atoms with Gasteiger partial charge in [-0.15, -0.1) is 0 Å². The van der Waals surface area contributed by atoms with E-state index in [4.69, 9.17) is 10.8 Å². The molecule has 0 saturated heterocycles. The third-order valence-corrected chi connectivity index (χ3v) is 3.78. The van der Waals surface area contributed by atoms with E-state index in [9.17, 15) is 5.11 Å². The number of H-pyrrole nitrogens is 1. The molecule has 1 atom stereocenters. The first-order chi connectivity index (χ1) is 10.1. The number of rotatable bonds is 4. The van der Waals surface area contributed by atoms with Crippen LogP contribution in [0.3, 0.4) is 0 Å². The summed E-state index contributed by atoms with van der Waals surface area (Å²) in [4.78, 5) is 5.28. The Kier molecular flexibility index (Phi) is 3.45. The lowest BCUT2D eigenvalue weighted by molar-refractivity contribution is 0.101. The first kappa shape index (κ1) is 13.7. The Balaban J connectivity index is 2.21.